The quantitative estimate of drug-likeness (QED) is 0.591. The van der Waals surface area contributed by atoms with Crippen molar-refractivity contribution in [1.82, 2.24) is 4.98 Å². The zero-order valence-corrected chi connectivity index (χ0v) is 16.0. The Hall–Kier alpha value is -3.00. The minimum atomic E-state index is -0.826. The third-order valence-electron chi connectivity index (χ3n) is 4.27. The summed E-state index contributed by atoms with van der Waals surface area (Å²) in [4.78, 5) is 39.6. The number of pyridine rings is 1. The van der Waals surface area contributed by atoms with Crippen molar-refractivity contribution in [3.8, 4) is 0 Å². The van der Waals surface area contributed by atoms with Crippen molar-refractivity contribution >= 4 is 44.3 Å². The normalized spacial score (nSPS) is 10.8. The van der Waals surface area contributed by atoms with E-state index >= 15 is 0 Å². The summed E-state index contributed by atoms with van der Waals surface area (Å²) in [5.41, 5.74) is 6.16. The second kappa shape index (κ2) is 6.96. The summed E-state index contributed by atoms with van der Waals surface area (Å²) in [6.07, 6.45) is 1.31. The van der Waals surface area contributed by atoms with Gasteiger partial charge in [0.2, 0.25) is 11.3 Å². The molecule has 0 saturated heterocycles. The van der Waals surface area contributed by atoms with Crippen LogP contribution >= 0.6 is 15.9 Å². The topological polar surface area (TPSA) is 105 Å². The Balaban J connectivity index is 2.07. The van der Waals surface area contributed by atoms with Crippen molar-refractivity contribution in [3.63, 3.8) is 0 Å². The molecule has 6 nitrogen and oxygen atoms in total. The first-order chi connectivity index (χ1) is 12.7. The molecule has 2 aromatic carbocycles. The molecule has 1 aromatic heterocycles. The molecule has 8 heteroatoms. The second-order valence-electron chi connectivity index (χ2n) is 6.13. The van der Waals surface area contributed by atoms with Crippen molar-refractivity contribution < 1.29 is 14.0 Å². The lowest BCUT2D eigenvalue weighted by atomic mass is 10.1. The van der Waals surface area contributed by atoms with Crippen LogP contribution < -0.4 is 16.5 Å². The summed E-state index contributed by atoms with van der Waals surface area (Å²) < 4.78 is 14.7. The van der Waals surface area contributed by atoms with E-state index in [1.165, 1.54) is 19.2 Å². The fraction of sp³-hybridized carbons (Fsp3) is 0.105. The predicted octanol–water partition coefficient (Wildman–Crippen LogP) is 3.40. The maximum atomic E-state index is 14.0. The third kappa shape index (κ3) is 3.48. The molecule has 0 bridgehead atoms. The number of aryl methyl sites for hydroxylation is 1. The van der Waals surface area contributed by atoms with Crippen molar-refractivity contribution in [2.45, 2.75) is 13.8 Å². The highest BCUT2D eigenvalue weighted by atomic mass is 79.9. The van der Waals surface area contributed by atoms with Gasteiger partial charge in [-0.15, -0.1) is 0 Å². The number of fused-ring (bicyclic) bond motifs is 1. The van der Waals surface area contributed by atoms with Crippen LogP contribution in [0.2, 0.25) is 0 Å². The third-order valence-corrected chi connectivity index (χ3v) is 4.73. The molecule has 0 aliphatic rings. The minimum absolute atomic E-state index is 0.0683. The van der Waals surface area contributed by atoms with Crippen LogP contribution in [-0.2, 0) is 0 Å². The Morgan fingerprint density at radius 1 is 1.19 bits per heavy atom. The van der Waals surface area contributed by atoms with Gasteiger partial charge in [0.15, 0.2) is 0 Å². The van der Waals surface area contributed by atoms with Gasteiger partial charge in [-0.3, -0.25) is 14.4 Å². The largest absolute Gasteiger partial charge is 0.366 e. The van der Waals surface area contributed by atoms with E-state index in [0.717, 1.165) is 11.6 Å². The minimum Gasteiger partial charge on any atom is -0.366 e. The van der Waals surface area contributed by atoms with E-state index in [4.69, 9.17) is 5.73 Å². The van der Waals surface area contributed by atoms with Crippen molar-refractivity contribution in [1.29, 1.82) is 0 Å². The van der Waals surface area contributed by atoms with E-state index in [0.29, 0.717) is 15.4 Å². The molecule has 4 N–H and O–H groups in total. The molecular formula is C19H15BrFN3O3. The molecule has 0 unspecified atom stereocenters. The Bertz CT molecular complexity index is 1170. The number of amides is 2. The van der Waals surface area contributed by atoms with Gasteiger partial charge in [-0.05, 0) is 43.7 Å². The van der Waals surface area contributed by atoms with E-state index in [1.54, 1.807) is 6.07 Å². The van der Waals surface area contributed by atoms with Crippen LogP contribution in [0.5, 0.6) is 0 Å². The number of benzene rings is 2. The highest BCUT2D eigenvalue weighted by Gasteiger charge is 2.17. The lowest BCUT2D eigenvalue weighted by molar-refractivity contribution is 0.0995. The van der Waals surface area contributed by atoms with Crippen LogP contribution in [-0.4, -0.2) is 16.8 Å². The first-order valence-corrected chi connectivity index (χ1v) is 8.71. The fourth-order valence-corrected chi connectivity index (χ4v) is 3.35. The van der Waals surface area contributed by atoms with Gasteiger partial charge in [-0.2, -0.15) is 0 Å². The Kier molecular flexibility index (Phi) is 4.84. The van der Waals surface area contributed by atoms with Crippen LogP contribution in [0.3, 0.4) is 0 Å². The van der Waals surface area contributed by atoms with Crippen molar-refractivity contribution in [2.75, 3.05) is 5.32 Å². The van der Waals surface area contributed by atoms with E-state index in [-0.39, 0.29) is 22.4 Å². The van der Waals surface area contributed by atoms with Gasteiger partial charge in [0.25, 0.3) is 5.91 Å². The number of hydrogen-bond acceptors (Lipinski definition) is 3. The van der Waals surface area contributed by atoms with E-state index in [2.05, 4.69) is 26.2 Å². The van der Waals surface area contributed by atoms with Crippen LogP contribution in [0.25, 0.3) is 10.9 Å². The number of aromatic amines is 1. The average Bonchev–Trinajstić information content (AvgIpc) is 2.59. The SMILES string of the molecule is Cc1c(F)cc(C(N)=O)cc1NC(=O)c1c[nH]c2c(C)cc(Br)cc2c1=O. The summed E-state index contributed by atoms with van der Waals surface area (Å²) in [5, 5.41) is 2.83. The lowest BCUT2D eigenvalue weighted by Crippen LogP contribution is -2.23. The lowest BCUT2D eigenvalue weighted by Gasteiger charge is -2.11. The fourth-order valence-electron chi connectivity index (χ4n) is 2.78. The zero-order chi connectivity index (χ0) is 19.9. The second-order valence-corrected chi connectivity index (χ2v) is 7.04. The molecule has 0 spiro atoms. The summed E-state index contributed by atoms with van der Waals surface area (Å²) in [6.45, 7) is 3.28. The molecular weight excluding hydrogens is 417 g/mol. The summed E-state index contributed by atoms with van der Waals surface area (Å²) >= 11 is 3.33. The maximum absolute atomic E-state index is 14.0. The smallest absolute Gasteiger partial charge is 0.261 e. The molecule has 3 rings (SSSR count). The molecule has 0 saturated carbocycles. The Morgan fingerprint density at radius 2 is 1.89 bits per heavy atom. The number of halogens is 2. The van der Waals surface area contributed by atoms with Gasteiger partial charge in [-0.1, -0.05) is 15.9 Å². The van der Waals surface area contributed by atoms with Crippen molar-refractivity contribution in [2.24, 2.45) is 5.73 Å². The van der Waals surface area contributed by atoms with Crippen LogP contribution in [0, 0.1) is 19.7 Å². The van der Waals surface area contributed by atoms with Gasteiger partial charge >= 0.3 is 0 Å². The molecule has 0 atom stereocenters. The first kappa shape index (κ1) is 18.8. The molecule has 0 radical (unpaired) electrons. The number of anilines is 1. The molecule has 0 fully saturated rings. The predicted molar refractivity (Wildman–Crippen MR) is 105 cm³/mol. The van der Waals surface area contributed by atoms with Gasteiger partial charge < -0.3 is 16.0 Å². The summed E-state index contributed by atoms with van der Waals surface area (Å²) in [7, 11) is 0. The highest BCUT2D eigenvalue weighted by molar-refractivity contribution is 9.10. The van der Waals surface area contributed by atoms with E-state index in [1.807, 2.05) is 13.0 Å². The van der Waals surface area contributed by atoms with Gasteiger partial charge in [0.1, 0.15) is 11.4 Å². The van der Waals surface area contributed by atoms with Crippen LogP contribution in [0.4, 0.5) is 10.1 Å². The number of nitrogens with two attached hydrogens (primary N) is 1. The number of aromatic nitrogens is 1. The highest BCUT2D eigenvalue weighted by Crippen LogP contribution is 2.23. The zero-order valence-electron chi connectivity index (χ0n) is 14.4. The molecule has 2 amide bonds. The van der Waals surface area contributed by atoms with Crippen LogP contribution in [0.15, 0.2) is 39.7 Å². The first-order valence-electron chi connectivity index (χ1n) is 7.92. The molecule has 0 aliphatic heterocycles. The molecule has 3 aromatic rings. The molecule has 1 heterocycles. The number of primary amides is 1. The number of H-pyrrole nitrogens is 1. The maximum Gasteiger partial charge on any atom is 0.261 e. The number of nitrogens with one attached hydrogen (secondary N) is 2. The van der Waals surface area contributed by atoms with E-state index in [9.17, 15) is 18.8 Å². The standard InChI is InChI=1S/C19H15BrFN3O3/c1-8-3-11(20)6-12-16(8)23-7-13(17(12)25)19(27)24-15-5-10(18(22)26)4-14(21)9(15)2/h3-7H,1-2H3,(H2,22,26)(H,23,25)(H,24,27). The van der Waals surface area contributed by atoms with Crippen molar-refractivity contribution in [3.05, 3.63) is 73.2 Å². The number of carbonyl (C=O) groups excluding carboxylic acids is 2. The van der Waals surface area contributed by atoms with E-state index < -0.39 is 23.1 Å². The number of hydrogen-bond donors (Lipinski definition) is 3. The van der Waals surface area contributed by atoms with Gasteiger partial charge in [0, 0.05) is 32.9 Å². The Labute approximate surface area is 161 Å². The monoisotopic (exact) mass is 431 g/mol. The van der Waals surface area contributed by atoms with Gasteiger partial charge in [-0.25, -0.2) is 4.39 Å². The van der Waals surface area contributed by atoms with Gasteiger partial charge in [0.05, 0.1) is 5.52 Å². The Morgan fingerprint density at radius 3 is 2.56 bits per heavy atom. The average molecular weight is 432 g/mol. The molecule has 0 aliphatic carbocycles. The number of carbonyl (C=O) groups is 2. The van der Waals surface area contributed by atoms with Crippen LogP contribution in [0.1, 0.15) is 31.8 Å². The number of rotatable bonds is 3. The summed E-state index contributed by atoms with van der Waals surface area (Å²) in [5.74, 6) is -2.23. The molecule has 138 valence electrons. The molecule has 27 heavy (non-hydrogen) atoms. The summed E-state index contributed by atoms with van der Waals surface area (Å²) in [6, 6.07) is 5.74.